The van der Waals surface area contributed by atoms with Gasteiger partial charge in [-0.2, -0.15) is 0 Å². The molecule has 0 aromatic carbocycles. The van der Waals surface area contributed by atoms with Gasteiger partial charge >= 0.3 is 0 Å². The summed E-state index contributed by atoms with van der Waals surface area (Å²) in [5.74, 6) is -1.55. The molecule has 196 valence electrons. The lowest BCUT2D eigenvalue weighted by Gasteiger charge is -2.37. The summed E-state index contributed by atoms with van der Waals surface area (Å²) in [5.41, 5.74) is -0.953. The zero-order valence-electron chi connectivity index (χ0n) is 21.5. The molecule has 0 aromatic heterocycles. The largest absolute Gasteiger partial charge is 0.396 e. The Balaban J connectivity index is 1.93. The Morgan fingerprint density at radius 3 is 2.51 bits per heavy atom. The molecule has 2 bridgehead atoms. The highest BCUT2D eigenvalue weighted by atomic mass is 16.5. The van der Waals surface area contributed by atoms with Crippen LogP contribution in [-0.2, 0) is 19.1 Å². The van der Waals surface area contributed by atoms with Gasteiger partial charge in [-0.3, -0.25) is 14.4 Å². The third-order valence-corrected chi connectivity index (χ3v) is 7.85. The van der Waals surface area contributed by atoms with Crippen LogP contribution < -0.4 is 0 Å². The molecule has 3 rings (SSSR count). The highest BCUT2D eigenvalue weighted by Gasteiger charge is 2.74. The maximum Gasteiger partial charge on any atom is 0.248 e. The van der Waals surface area contributed by atoms with E-state index >= 15 is 0 Å². The van der Waals surface area contributed by atoms with Gasteiger partial charge in [0, 0.05) is 39.8 Å². The van der Waals surface area contributed by atoms with Gasteiger partial charge in [-0.05, 0) is 32.1 Å². The fraction of sp³-hybridized carbons (Fsp3) is 0.741. The molecule has 3 aliphatic rings. The monoisotopic (exact) mass is 489 g/mol. The first kappa shape index (κ1) is 27.4. The molecule has 0 aliphatic carbocycles. The van der Waals surface area contributed by atoms with Crippen LogP contribution in [0.4, 0.5) is 0 Å². The molecule has 2 unspecified atom stereocenters. The molecule has 3 aliphatic heterocycles. The van der Waals surface area contributed by atoms with Crippen molar-refractivity contribution in [2.75, 3.05) is 39.8 Å². The number of hydrogen-bond acceptors (Lipinski definition) is 5. The zero-order valence-corrected chi connectivity index (χ0v) is 21.5. The van der Waals surface area contributed by atoms with Crippen LogP contribution >= 0.6 is 0 Å². The van der Waals surface area contributed by atoms with Gasteiger partial charge in [0.1, 0.15) is 11.6 Å². The van der Waals surface area contributed by atoms with Crippen LogP contribution in [0.1, 0.15) is 58.3 Å². The molecule has 3 heterocycles. The molecule has 0 aromatic rings. The second-order valence-electron chi connectivity index (χ2n) is 10.2. The predicted molar refractivity (Wildman–Crippen MR) is 134 cm³/mol. The number of rotatable bonds is 15. The molecule has 1 spiro atoms. The van der Waals surface area contributed by atoms with E-state index in [-0.39, 0.29) is 30.4 Å². The number of hydrogen-bond donors (Lipinski definition) is 1. The molecule has 8 heteroatoms. The molecule has 35 heavy (non-hydrogen) atoms. The van der Waals surface area contributed by atoms with E-state index < -0.39 is 23.5 Å². The number of unbranched alkanes of at least 4 members (excludes halogenated alkanes) is 4. The summed E-state index contributed by atoms with van der Waals surface area (Å²) in [7, 11) is 1.72. The summed E-state index contributed by atoms with van der Waals surface area (Å²) in [6, 6.07) is -0.720. The smallest absolute Gasteiger partial charge is 0.248 e. The van der Waals surface area contributed by atoms with Crippen LogP contribution in [-0.4, -0.2) is 95.1 Å². The molecular weight excluding hydrogens is 446 g/mol. The Bertz CT molecular complexity index is 802. The molecule has 3 amide bonds. The van der Waals surface area contributed by atoms with E-state index in [1.165, 1.54) is 0 Å². The maximum absolute atomic E-state index is 14.0. The standard InChI is InChI=1S/C27H43N3O5/c1-5-8-17-29(16-7-3)26(34)23-27-14-13-20(35-27)21(24(32)28(4)15-6-2)22(27)25(33)30(23)18-11-9-10-12-19-31/h6-7,20-23,31H,2-3,5,8-19H2,1,4H3/t20-,21+,22+,23?,27?/m1/s1. The van der Waals surface area contributed by atoms with Crippen molar-refractivity contribution in [3.63, 3.8) is 0 Å². The van der Waals surface area contributed by atoms with Gasteiger partial charge in [0.05, 0.1) is 17.9 Å². The van der Waals surface area contributed by atoms with E-state index in [0.717, 1.165) is 38.5 Å². The maximum atomic E-state index is 14.0. The minimum absolute atomic E-state index is 0.0993. The summed E-state index contributed by atoms with van der Waals surface area (Å²) >= 11 is 0. The summed E-state index contributed by atoms with van der Waals surface area (Å²) in [6.45, 7) is 11.7. The lowest BCUT2D eigenvalue weighted by Crippen LogP contribution is -2.56. The molecule has 1 N–H and O–H groups in total. The summed E-state index contributed by atoms with van der Waals surface area (Å²) in [4.78, 5) is 46.5. The van der Waals surface area contributed by atoms with Gasteiger partial charge in [-0.25, -0.2) is 0 Å². The van der Waals surface area contributed by atoms with Crippen molar-refractivity contribution in [3.05, 3.63) is 25.3 Å². The SMILES string of the molecule is C=CCN(C)C(=O)[C@@H]1[C@H]2C(=O)N(CCCCCCO)C(C(=O)N(CC=C)CCCC)C23CC[C@H]1O3. The van der Waals surface area contributed by atoms with E-state index in [4.69, 9.17) is 9.84 Å². The van der Waals surface area contributed by atoms with Crippen LogP contribution in [0.3, 0.4) is 0 Å². The highest BCUT2D eigenvalue weighted by molar-refractivity contribution is 5.99. The Morgan fingerprint density at radius 2 is 1.86 bits per heavy atom. The third kappa shape index (κ3) is 5.19. The van der Waals surface area contributed by atoms with Gasteiger partial charge < -0.3 is 24.5 Å². The van der Waals surface area contributed by atoms with Crippen molar-refractivity contribution in [2.45, 2.75) is 76.0 Å². The predicted octanol–water partition coefficient (Wildman–Crippen LogP) is 2.37. The topological polar surface area (TPSA) is 90.4 Å². The van der Waals surface area contributed by atoms with E-state index in [1.807, 2.05) is 0 Å². The second kappa shape index (κ2) is 12.2. The Morgan fingerprint density at radius 1 is 1.14 bits per heavy atom. The van der Waals surface area contributed by atoms with Crippen LogP contribution in [0.25, 0.3) is 0 Å². The van der Waals surface area contributed by atoms with Crippen LogP contribution in [0, 0.1) is 11.8 Å². The second-order valence-corrected chi connectivity index (χ2v) is 10.2. The number of carbonyl (C=O) groups excluding carboxylic acids is 3. The van der Waals surface area contributed by atoms with E-state index in [2.05, 4.69) is 20.1 Å². The third-order valence-electron chi connectivity index (χ3n) is 7.85. The van der Waals surface area contributed by atoms with E-state index in [1.54, 1.807) is 33.9 Å². The number of nitrogens with zero attached hydrogens (tertiary/aromatic N) is 3. The van der Waals surface area contributed by atoms with Gasteiger partial charge in [0.15, 0.2) is 0 Å². The molecule has 0 radical (unpaired) electrons. The van der Waals surface area contributed by atoms with Gasteiger partial charge in [-0.15, -0.1) is 13.2 Å². The Labute approximate surface area is 210 Å². The summed E-state index contributed by atoms with van der Waals surface area (Å²) < 4.78 is 6.52. The summed E-state index contributed by atoms with van der Waals surface area (Å²) in [5, 5.41) is 9.08. The molecule has 5 atom stereocenters. The van der Waals surface area contributed by atoms with Crippen LogP contribution in [0.5, 0.6) is 0 Å². The number of aliphatic hydroxyl groups is 1. The number of carbonyl (C=O) groups is 3. The number of aliphatic hydroxyl groups excluding tert-OH is 1. The molecule has 8 nitrogen and oxygen atoms in total. The highest BCUT2D eigenvalue weighted by Crippen LogP contribution is 2.58. The van der Waals surface area contributed by atoms with Gasteiger partial charge in [0.25, 0.3) is 0 Å². The van der Waals surface area contributed by atoms with Crippen molar-refractivity contribution >= 4 is 17.7 Å². The van der Waals surface area contributed by atoms with Crippen molar-refractivity contribution < 1.29 is 24.2 Å². The number of fused-ring (bicyclic) bond motifs is 1. The number of ether oxygens (including phenoxy) is 1. The van der Waals surface area contributed by atoms with E-state index in [9.17, 15) is 14.4 Å². The number of amides is 3. The lowest BCUT2D eigenvalue weighted by molar-refractivity contribution is -0.148. The number of likely N-dealkylation sites (N-methyl/N-ethyl adjacent to an activating group) is 1. The van der Waals surface area contributed by atoms with Crippen LogP contribution in [0.15, 0.2) is 25.3 Å². The van der Waals surface area contributed by atoms with Crippen molar-refractivity contribution in [1.29, 1.82) is 0 Å². The van der Waals surface area contributed by atoms with Crippen molar-refractivity contribution in [1.82, 2.24) is 14.7 Å². The van der Waals surface area contributed by atoms with Crippen molar-refractivity contribution in [2.24, 2.45) is 11.8 Å². The molecular formula is C27H43N3O5. The molecule has 0 saturated carbocycles. The fourth-order valence-corrected chi connectivity index (χ4v) is 6.21. The Hall–Kier alpha value is -2.19. The average Bonchev–Trinajstić information content (AvgIpc) is 3.48. The lowest BCUT2D eigenvalue weighted by atomic mass is 9.70. The summed E-state index contributed by atoms with van der Waals surface area (Å²) in [6.07, 6.45) is 9.37. The first-order valence-corrected chi connectivity index (χ1v) is 13.2. The molecule has 3 saturated heterocycles. The fourth-order valence-electron chi connectivity index (χ4n) is 6.21. The van der Waals surface area contributed by atoms with Crippen molar-refractivity contribution in [3.8, 4) is 0 Å². The zero-order chi connectivity index (χ0) is 25.6. The minimum atomic E-state index is -0.953. The first-order valence-electron chi connectivity index (χ1n) is 13.2. The van der Waals surface area contributed by atoms with Gasteiger partial charge in [0.2, 0.25) is 17.7 Å². The minimum Gasteiger partial charge on any atom is -0.396 e. The normalized spacial score (nSPS) is 28.8. The first-order chi connectivity index (χ1) is 16.9. The average molecular weight is 490 g/mol. The Kier molecular flexibility index (Phi) is 9.53. The quantitative estimate of drug-likeness (QED) is 0.282. The molecule has 3 fully saturated rings. The van der Waals surface area contributed by atoms with Gasteiger partial charge in [-0.1, -0.05) is 38.3 Å². The van der Waals surface area contributed by atoms with Crippen LogP contribution in [0.2, 0.25) is 0 Å². The number of likely N-dealkylation sites (tertiary alicyclic amines) is 1. The van der Waals surface area contributed by atoms with E-state index in [0.29, 0.717) is 39.0 Å².